The summed E-state index contributed by atoms with van der Waals surface area (Å²) in [5.41, 5.74) is 15.6. The zero-order valence-corrected chi connectivity index (χ0v) is 18.1. The van der Waals surface area contributed by atoms with Crippen molar-refractivity contribution in [1.29, 1.82) is 0 Å². The van der Waals surface area contributed by atoms with Crippen LogP contribution in [0.15, 0.2) is 54.6 Å². The first kappa shape index (κ1) is 22.4. The van der Waals surface area contributed by atoms with Crippen LogP contribution in [0.4, 0.5) is 5.69 Å². The second-order valence-corrected chi connectivity index (χ2v) is 8.38. The standard InChI is InChI=1S/C15H24N2.C9H14N2/c1-17(2)15(10-8-14(16)9-11-15)12-13-6-4-3-5-7-13;1-11(2)9-5-3-8(7-10)4-6-9/h3-7,14H,8-12,16H2,1-2H3;3-6H,7,10H2,1-2H3. The third-order valence-electron chi connectivity index (χ3n) is 5.97. The topological polar surface area (TPSA) is 58.5 Å². The van der Waals surface area contributed by atoms with Gasteiger partial charge in [-0.05, 0) is 69.5 Å². The maximum atomic E-state index is 6.03. The minimum Gasteiger partial charge on any atom is -0.378 e. The van der Waals surface area contributed by atoms with Gasteiger partial charge in [-0.1, -0.05) is 42.5 Å². The lowest BCUT2D eigenvalue weighted by molar-refractivity contribution is 0.0934. The molecular formula is C24H38N4. The van der Waals surface area contributed by atoms with Gasteiger partial charge in [-0.3, -0.25) is 0 Å². The van der Waals surface area contributed by atoms with E-state index in [0.717, 1.165) is 19.3 Å². The second-order valence-electron chi connectivity index (χ2n) is 8.38. The Morgan fingerprint density at radius 2 is 1.43 bits per heavy atom. The van der Waals surface area contributed by atoms with Crippen molar-refractivity contribution in [2.24, 2.45) is 11.5 Å². The number of hydrogen-bond donors (Lipinski definition) is 2. The summed E-state index contributed by atoms with van der Waals surface area (Å²) in [6, 6.07) is 19.5. The molecule has 0 amide bonds. The van der Waals surface area contributed by atoms with Gasteiger partial charge in [0.05, 0.1) is 0 Å². The first-order valence-corrected chi connectivity index (χ1v) is 10.3. The van der Waals surface area contributed by atoms with Crippen molar-refractivity contribution in [3.05, 3.63) is 65.7 Å². The Hall–Kier alpha value is -1.88. The molecule has 28 heavy (non-hydrogen) atoms. The molecule has 0 unspecified atom stereocenters. The molecule has 0 radical (unpaired) electrons. The molecular weight excluding hydrogens is 344 g/mol. The van der Waals surface area contributed by atoms with E-state index in [2.05, 4.69) is 78.5 Å². The molecule has 154 valence electrons. The van der Waals surface area contributed by atoms with E-state index in [1.54, 1.807) is 0 Å². The van der Waals surface area contributed by atoms with E-state index in [9.17, 15) is 0 Å². The molecule has 2 aromatic carbocycles. The first-order chi connectivity index (χ1) is 13.4. The van der Waals surface area contributed by atoms with E-state index in [4.69, 9.17) is 11.5 Å². The van der Waals surface area contributed by atoms with Crippen LogP contribution in [-0.4, -0.2) is 44.7 Å². The Kier molecular flexibility index (Phi) is 8.49. The second kappa shape index (κ2) is 10.6. The van der Waals surface area contributed by atoms with E-state index in [1.165, 1.54) is 29.7 Å². The maximum Gasteiger partial charge on any atom is 0.0361 e. The van der Waals surface area contributed by atoms with Gasteiger partial charge in [0.1, 0.15) is 0 Å². The lowest BCUT2D eigenvalue weighted by Crippen LogP contribution is -2.50. The number of likely N-dealkylation sites (N-methyl/N-ethyl adjacent to an activating group) is 1. The Bertz CT molecular complexity index is 672. The Morgan fingerprint density at radius 3 is 1.89 bits per heavy atom. The molecule has 1 aliphatic carbocycles. The van der Waals surface area contributed by atoms with Crippen molar-refractivity contribution in [2.75, 3.05) is 33.1 Å². The molecule has 0 bridgehead atoms. The molecule has 4 N–H and O–H groups in total. The van der Waals surface area contributed by atoms with Gasteiger partial charge in [-0.15, -0.1) is 0 Å². The summed E-state index contributed by atoms with van der Waals surface area (Å²) in [7, 11) is 8.47. The quantitative estimate of drug-likeness (QED) is 0.829. The fraction of sp³-hybridized carbons (Fsp3) is 0.500. The van der Waals surface area contributed by atoms with E-state index >= 15 is 0 Å². The lowest BCUT2D eigenvalue weighted by atomic mass is 9.75. The van der Waals surface area contributed by atoms with Crippen LogP contribution in [0, 0.1) is 0 Å². The molecule has 0 spiro atoms. The van der Waals surface area contributed by atoms with Crippen molar-refractivity contribution in [2.45, 2.75) is 50.2 Å². The maximum absolute atomic E-state index is 6.03. The van der Waals surface area contributed by atoms with Crippen LogP contribution in [0.3, 0.4) is 0 Å². The average Bonchev–Trinajstić information content (AvgIpc) is 2.71. The highest BCUT2D eigenvalue weighted by Crippen LogP contribution is 2.34. The molecule has 0 atom stereocenters. The van der Waals surface area contributed by atoms with E-state index in [0.29, 0.717) is 18.1 Å². The van der Waals surface area contributed by atoms with Crippen LogP contribution in [0.5, 0.6) is 0 Å². The molecule has 4 heteroatoms. The fourth-order valence-electron chi connectivity index (χ4n) is 3.87. The molecule has 2 aromatic rings. The van der Waals surface area contributed by atoms with Gasteiger partial charge in [-0.25, -0.2) is 0 Å². The lowest BCUT2D eigenvalue weighted by Gasteiger charge is -2.45. The minimum atomic E-state index is 0.317. The molecule has 1 aliphatic rings. The van der Waals surface area contributed by atoms with Gasteiger partial charge in [0.15, 0.2) is 0 Å². The number of nitrogens with zero attached hydrogens (tertiary/aromatic N) is 2. The molecule has 3 rings (SSSR count). The largest absolute Gasteiger partial charge is 0.378 e. The third kappa shape index (κ3) is 6.33. The summed E-state index contributed by atoms with van der Waals surface area (Å²) in [4.78, 5) is 4.48. The predicted octanol–water partition coefficient (Wildman–Crippen LogP) is 3.64. The molecule has 0 aliphatic heterocycles. The van der Waals surface area contributed by atoms with Crippen LogP contribution < -0.4 is 16.4 Å². The Balaban J connectivity index is 0.000000221. The zero-order chi connectivity index (χ0) is 20.6. The Morgan fingerprint density at radius 1 is 0.857 bits per heavy atom. The predicted molar refractivity (Wildman–Crippen MR) is 122 cm³/mol. The highest BCUT2D eigenvalue weighted by atomic mass is 15.1. The van der Waals surface area contributed by atoms with Crippen LogP contribution in [0.2, 0.25) is 0 Å². The molecule has 1 saturated carbocycles. The number of benzene rings is 2. The molecule has 0 aromatic heterocycles. The molecule has 0 heterocycles. The van der Waals surface area contributed by atoms with Gasteiger partial charge < -0.3 is 21.3 Å². The van der Waals surface area contributed by atoms with Gasteiger partial charge >= 0.3 is 0 Å². The molecule has 1 fully saturated rings. The number of nitrogens with two attached hydrogens (primary N) is 2. The van der Waals surface area contributed by atoms with Crippen molar-refractivity contribution in [3.8, 4) is 0 Å². The molecule has 0 saturated heterocycles. The van der Waals surface area contributed by atoms with Crippen LogP contribution >= 0.6 is 0 Å². The smallest absolute Gasteiger partial charge is 0.0361 e. The zero-order valence-electron chi connectivity index (χ0n) is 18.1. The van der Waals surface area contributed by atoms with E-state index < -0.39 is 0 Å². The highest BCUT2D eigenvalue weighted by Gasteiger charge is 2.36. The normalized spacial score (nSPS) is 21.8. The highest BCUT2D eigenvalue weighted by molar-refractivity contribution is 5.45. The van der Waals surface area contributed by atoms with Crippen LogP contribution in [-0.2, 0) is 13.0 Å². The Labute approximate surface area is 171 Å². The average molecular weight is 383 g/mol. The molecule has 4 nitrogen and oxygen atoms in total. The number of anilines is 1. The summed E-state index contributed by atoms with van der Waals surface area (Å²) in [5.74, 6) is 0. The van der Waals surface area contributed by atoms with Gasteiger partial charge in [0.25, 0.3) is 0 Å². The van der Waals surface area contributed by atoms with Gasteiger partial charge in [0, 0.05) is 37.9 Å². The van der Waals surface area contributed by atoms with Gasteiger partial charge in [-0.2, -0.15) is 0 Å². The summed E-state index contributed by atoms with van der Waals surface area (Å²) >= 11 is 0. The summed E-state index contributed by atoms with van der Waals surface area (Å²) < 4.78 is 0. The summed E-state index contributed by atoms with van der Waals surface area (Å²) in [5, 5.41) is 0. The van der Waals surface area contributed by atoms with E-state index in [1.807, 2.05) is 14.1 Å². The number of rotatable bonds is 5. The SMILES string of the molecule is CN(C)C1(Cc2ccccc2)CCC(N)CC1.CN(C)c1ccc(CN)cc1. The minimum absolute atomic E-state index is 0.317. The summed E-state index contributed by atoms with van der Waals surface area (Å²) in [6.45, 7) is 0.619. The van der Waals surface area contributed by atoms with Crippen LogP contribution in [0.1, 0.15) is 36.8 Å². The van der Waals surface area contributed by atoms with Crippen molar-refractivity contribution >= 4 is 5.69 Å². The number of hydrogen-bond acceptors (Lipinski definition) is 4. The summed E-state index contributed by atoms with van der Waals surface area (Å²) in [6.07, 6.45) is 5.90. The van der Waals surface area contributed by atoms with Crippen molar-refractivity contribution < 1.29 is 0 Å². The van der Waals surface area contributed by atoms with E-state index in [-0.39, 0.29) is 0 Å². The van der Waals surface area contributed by atoms with Gasteiger partial charge in [0.2, 0.25) is 0 Å². The first-order valence-electron chi connectivity index (χ1n) is 10.3. The van der Waals surface area contributed by atoms with Crippen LogP contribution in [0.25, 0.3) is 0 Å². The fourth-order valence-corrected chi connectivity index (χ4v) is 3.87. The monoisotopic (exact) mass is 382 g/mol. The van der Waals surface area contributed by atoms with Crippen molar-refractivity contribution in [3.63, 3.8) is 0 Å². The third-order valence-corrected chi connectivity index (χ3v) is 5.97. The van der Waals surface area contributed by atoms with Crippen molar-refractivity contribution in [1.82, 2.24) is 4.90 Å².